The molecule has 1 aromatic carbocycles. The topological polar surface area (TPSA) is 49.6 Å². The molecule has 0 aromatic heterocycles. The standard InChI is InChI=1S/C15H21N3O/c1-17(11-7-8-11)15(19)10-18-9-3-4-12-13(16)5-2-6-14(12)18/h2,5-6,11H,3-4,7-10,16H2,1H3. The largest absolute Gasteiger partial charge is 0.398 e. The van der Waals surface area contributed by atoms with Gasteiger partial charge < -0.3 is 15.5 Å². The van der Waals surface area contributed by atoms with E-state index in [9.17, 15) is 4.79 Å². The second kappa shape index (κ2) is 4.76. The quantitative estimate of drug-likeness (QED) is 0.840. The number of carbonyl (C=O) groups is 1. The fourth-order valence-electron chi connectivity index (χ4n) is 2.83. The van der Waals surface area contributed by atoms with Gasteiger partial charge in [-0.05, 0) is 43.4 Å². The number of fused-ring (bicyclic) bond motifs is 1. The third-order valence-electron chi connectivity index (χ3n) is 4.20. The summed E-state index contributed by atoms with van der Waals surface area (Å²) >= 11 is 0. The molecule has 1 aromatic rings. The van der Waals surface area contributed by atoms with Gasteiger partial charge in [0.2, 0.25) is 5.91 Å². The van der Waals surface area contributed by atoms with E-state index in [2.05, 4.69) is 11.0 Å². The van der Waals surface area contributed by atoms with Crippen molar-refractivity contribution in [1.29, 1.82) is 0 Å². The lowest BCUT2D eigenvalue weighted by molar-refractivity contribution is -0.128. The summed E-state index contributed by atoms with van der Waals surface area (Å²) in [6.07, 6.45) is 4.41. The molecule has 0 saturated heterocycles. The summed E-state index contributed by atoms with van der Waals surface area (Å²) in [7, 11) is 1.92. The molecule has 1 amide bonds. The molecule has 2 aliphatic rings. The normalized spacial score (nSPS) is 18.1. The highest BCUT2D eigenvalue weighted by atomic mass is 16.2. The maximum Gasteiger partial charge on any atom is 0.242 e. The molecule has 0 atom stereocenters. The summed E-state index contributed by atoms with van der Waals surface area (Å²) < 4.78 is 0. The molecule has 0 spiro atoms. The Labute approximate surface area is 114 Å². The van der Waals surface area contributed by atoms with E-state index in [0.717, 1.165) is 43.6 Å². The first-order chi connectivity index (χ1) is 9.16. The first-order valence-electron chi connectivity index (χ1n) is 7.05. The molecule has 0 bridgehead atoms. The Bertz CT molecular complexity index is 496. The fourth-order valence-corrected chi connectivity index (χ4v) is 2.83. The van der Waals surface area contributed by atoms with E-state index in [1.165, 1.54) is 5.56 Å². The molecular weight excluding hydrogens is 238 g/mol. The van der Waals surface area contributed by atoms with Crippen LogP contribution in [-0.4, -0.2) is 37.0 Å². The van der Waals surface area contributed by atoms with Crippen LogP contribution in [0.3, 0.4) is 0 Å². The van der Waals surface area contributed by atoms with Crippen molar-refractivity contribution in [1.82, 2.24) is 4.90 Å². The molecule has 1 aliphatic heterocycles. The van der Waals surface area contributed by atoms with Gasteiger partial charge in [-0.15, -0.1) is 0 Å². The van der Waals surface area contributed by atoms with Gasteiger partial charge in [0.15, 0.2) is 0 Å². The zero-order chi connectivity index (χ0) is 13.4. The molecule has 3 rings (SSSR count). The van der Waals surface area contributed by atoms with Gasteiger partial charge in [0.25, 0.3) is 0 Å². The molecule has 1 aliphatic carbocycles. The van der Waals surface area contributed by atoms with Crippen LogP contribution in [0.1, 0.15) is 24.8 Å². The van der Waals surface area contributed by atoms with Crippen molar-refractivity contribution < 1.29 is 4.79 Å². The average Bonchev–Trinajstić information content (AvgIpc) is 3.23. The molecule has 2 N–H and O–H groups in total. The van der Waals surface area contributed by atoms with Gasteiger partial charge in [-0.3, -0.25) is 4.79 Å². The van der Waals surface area contributed by atoms with Crippen molar-refractivity contribution in [3.63, 3.8) is 0 Å². The summed E-state index contributed by atoms with van der Waals surface area (Å²) in [6, 6.07) is 6.48. The predicted molar refractivity (Wildman–Crippen MR) is 77.2 cm³/mol. The Kier molecular flexibility index (Phi) is 3.09. The Morgan fingerprint density at radius 3 is 3.00 bits per heavy atom. The summed E-state index contributed by atoms with van der Waals surface area (Å²) in [4.78, 5) is 16.3. The molecule has 1 saturated carbocycles. The van der Waals surface area contributed by atoms with E-state index in [4.69, 9.17) is 5.73 Å². The number of likely N-dealkylation sites (N-methyl/N-ethyl adjacent to an activating group) is 1. The van der Waals surface area contributed by atoms with Crippen LogP contribution in [0.4, 0.5) is 11.4 Å². The SMILES string of the molecule is CN(C(=O)CN1CCCc2c(N)cccc21)C1CC1. The number of nitrogens with zero attached hydrogens (tertiary/aromatic N) is 2. The molecule has 4 nitrogen and oxygen atoms in total. The Morgan fingerprint density at radius 1 is 1.47 bits per heavy atom. The van der Waals surface area contributed by atoms with E-state index in [1.807, 2.05) is 24.1 Å². The van der Waals surface area contributed by atoms with Crippen molar-refractivity contribution >= 4 is 17.3 Å². The van der Waals surface area contributed by atoms with Gasteiger partial charge in [0.1, 0.15) is 0 Å². The highest BCUT2D eigenvalue weighted by Crippen LogP contribution is 2.31. The van der Waals surface area contributed by atoms with Gasteiger partial charge in [-0.2, -0.15) is 0 Å². The van der Waals surface area contributed by atoms with E-state index >= 15 is 0 Å². The van der Waals surface area contributed by atoms with Crippen LogP contribution in [0.5, 0.6) is 0 Å². The number of nitrogens with two attached hydrogens (primary N) is 1. The number of hydrogen-bond acceptors (Lipinski definition) is 3. The minimum absolute atomic E-state index is 0.220. The van der Waals surface area contributed by atoms with Crippen molar-refractivity contribution in [3.05, 3.63) is 23.8 Å². The Balaban J connectivity index is 1.76. The fraction of sp³-hybridized carbons (Fsp3) is 0.533. The number of nitrogen functional groups attached to an aromatic ring is 1. The molecule has 19 heavy (non-hydrogen) atoms. The number of anilines is 2. The molecule has 0 unspecified atom stereocenters. The molecule has 102 valence electrons. The van der Waals surface area contributed by atoms with Gasteiger partial charge in [-0.1, -0.05) is 6.07 Å². The first-order valence-corrected chi connectivity index (χ1v) is 7.05. The van der Waals surface area contributed by atoms with E-state index in [1.54, 1.807) is 0 Å². The van der Waals surface area contributed by atoms with Crippen LogP contribution in [0.25, 0.3) is 0 Å². The van der Waals surface area contributed by atoms with E-state index < -0.39 is 0 Å². The van der Waals surface area contributed by atoms with Crippen LogP contribution >= 0.6 is 0 Å². The van der Waals surface area contributed by atoms with Gasteiger partial charge in [-0.25, -0.2) is 0 Å². The van der Waals surface area contributed by atoms with Gasteiger partial charge >= 0.3 is 0 Å². The highest BCUT2D eigenvalue weighted by molar-refractivity contribution is 5.83. The molecular formula is C15H21N3O. The third-order valence-corrected chi connectivity index (χ3v) is 4.20. The molecule has 0 radical (unpaired) electrons. The minimum Gasteiger partial charge on any atom is -0.398 e. The maximum absolute atomic E-state index is 12.2. The lowest BCUT2D eigenvalue weighted by Crippen LogP contribution is -2.41. The number of hydrogen-bond donors (Lipinski definition) is 1. The molecule has 1 heterocycles. The maximum atomic E-state index is 12.2. The number of rotatable bonds is 3. The van der Waals surface area contributed by atoms with Crippen molar-refractivity contribution in [2.45, 2.75) is 31.7 Å². The van der Waals surface area contributed by atoms with Crippen molar-refractivity contribution in [2.24, 2.45) is 0 Å². The van der Waals surface area contributed by atoms with E-state index in [0.29, 0.717) is 12.6 Å². The highest BCUT2D eigenvalue weighted by Gasteiger charge is 2.31. The first kappa shape index (κ1) is 12.3. The monoisotopic (exact) mass is 259 g/mol. The number of amides is 1. The number of benzene rings is 1. The van der Waals surface area contributed by atoms with Gasteiger partial charge in [0.05, 0.1) is 6.54 Å². The van der Waals surface area contributed by atoms with E-state index in [-0.39, 0.29) is 5.91 Å². The van der Waals surface area contributed by atoms with Crippen molar-refractivity contribution in [2.75, 3.05) is 30.8 Å². The Morgan fingerprint density at radius 2 is 2.26 bits per heavy atom. The summed E-state index contributed by atoms with van der Waals surface area (Å²) in [5.41, 5.74) is 9.23. The van der Waals surface area contributed by atoms with Crippen LogP contribution in [0.2, 0.25) is 0 Å². The third kappa shape index (κ3) is 2.39. The lowest BCUT2D eigenvalue weighted by Gasteiger charge is -2.32. The summed E-state index contributed by atoms with van der Waals surface area (Å²) in [6.45, 7) is 1.42. The van der Waals surface area contributed by atoms with Crippen LogP contribution in [0, 0.1) is 0 Å². The smallest absolute Gasteiger partial charge is 0.242 e. The molecule has 1 fully saturated rings. The zero-order valence-corrected chi connectivity index (χ0v) is 11.4. The Hall–Kier alpha value is -1.71. The van der Waals surface area contributed by atoms with Crippen LogP contribution in [0.15, 0.2) is 18.2 Å². The second-order valence-corrected chi connectivity index (χ2v) is 5.61. The average molecular weight is 259 g/mol. The lowest BCUT2D eigenvalue weighted by atomic mass is 10.00. The zero-order valence-electron chi connectivity index (χ0n) is 11.4. The van der Waals surface area contributed by atoms with Gasteiger partial charge in [0, 0.05) is 31.0 Å². The minimum atomic E-state index is 0.220. The summed E-state index contributed by atoms with van der Waals surface area (Å²) in [5, 5.41) is 0. The van der Waals surface area contributed by atoms with Crippen molar-refractivity contribution in [3.8, 4) is 0 Å². The predicted octanol–water partition coefficient (Wildman–Crippen LogP) is 1.64. The summed E-state index contributed by atoms with van der Waals surface area (Å²) in [5.74, 6) is 0.220. The molecule has 4 heteroatoms. The second-order valence-electron chi connectivity index (χ2n) is 5.61. The van der Waals surface area contributed by atoms with Crippen LogP contribution in [-0.2, 0) is 11.2 Å². The number of carbonyl (C=O) groups excluding carboxylic acids is 1. The van der Waals surface area contributed by atoms with Crippen LogP contribution < -0.4 is 10.6 Å².